The van der Waals surface area contributed by atoms with Crippen LogP contribution < -0.4 is 0 Å². The summed E-state index contributed by atoms with van der Waals surface area (Å²) in [7, 11) is 0. The van der Waals surface area contributed by atoms with E-state index in [1.54, 1.807) is 42.5 Å². The Hall–Kier alpha value is -1.85. The summed E-state index contributed by atoms with van der Waals surface area (Å²) in [4.78, 5) is 4.34. The molecule has 3 rings (SSSR count). The van der Waals surface area contributed by atoms with Gasteiger partial charge in [-0.25, -0.2) is 0 Å². The number of aromatic nitrogens is 2. The predicted molar refractivity (Wildman–Crippen MR) is 79.5 cm³/mol. The van der Waals surface area contributed by atoms with E-state index >= 15 is 0 Å². The van der Waals surface area contributed by atoms with Crippen LogP contribution in [0.15, 0.2) is 51.5 Å². The first kappa shape index (κ1) is 13.1. The summed E-state index contributed by atoms with van der Waals surface area (Å²) in [5.74, 6) is 1.05. The number of halogens is 2. The Balaban J connectivity index is 1.99. The van der Waals surface area contributed by atoms with Crippen LogP contribution in [0.1, 0.15) is 0 Å². The molecule has 0 amide bonds. The van der Waals surface area contributed by atoms with E-state index in [-0.39, 0.29) is 5.75 Å². The predicted octanol–water partition coefficient (Wildman–Crippen LogP) is 4.53. The number of hydrogen-bond acceptors (Lipinski definition) is 4. The van der Waals surface area contributed by atoms with E-state index in [0.29, 0.717) is 16.7 Å². The van der Waals surface area contributed by atoms with Crippen molar-refractivity contribution in [2.45, 2.75) is 0 Å². The van der Waals surface area contributed by atoms with Gasteiger partial charge in [0.2, 0.25) is 5.82 Å². The van der Waals surface area contributed by atoms with Crippen LogP contribution in [-0.4, -0.2) is 15.2 Å². The lowest BCUT2D eigenvalue weighted by Crippen LogP contribution is -1.82. The van der Waals surface area contributed by atoms with Crippen LogP contribution in [0.25, 0.3) is 22.8 Å². The van der Waals surface area contributed by atoms with Crippen molar-refractivity contribution in [3.63, 3.8) is 0 Å². The molecule has 1 aromatic heterocycles. The second-order valence-corrected chi connectivity index (χ2v) is 5.38. The van der Waals surface area contributed by atoms with E-state index in [1.807, 2.05) is 0 Å². The van der Waals surface area contributed by atoms with Crippen LogP contribution in [0.3, 0.4) is 0 Å². The van der Waals surface area contributed by atoms with E-state index in [9.17, 15) is 5.11 Å². The minimum absolute atomic E-state index is 0.193. The van der Waals surface area contributed by atoms with Crippen LogP contribution in [0.5, 0.6) is 5.75 Å². The molecule has 6 heteroatoms. The Morgan fingerprint density at radius 3 is 2.55 bits per heavy atom. The van der Waals surface area contributed by atoms with Gasteiger partial charge in [0, 0.05) is 15.1 Å². The Bertz CT molecular complexity index is 756. The Morgan fingerprint density at radius 1 is 1.10 bits per heavy atom. The molecule has 4 nitrogen and oxygen atoms in total. The van der Waals surface area contributed by atoms with Crippen molar-refractivity contribution in [1.82, 2.24) is 10.1 Å². The smallest absolute Gasteiger partial charge is 0.259 e. The highest BCUT2D eigenvalue weighted by Crippen LogP contribution is 2.31. The average molecular weight is 352 g/mol. The normalized spacial score (nSPS) is 10.7. The van der Waals surface area contributed by atoms with Crippen LogP contribution in [0, 0.1) is 0 Å². The first-order valence-electron chi connectivity index (χ1n) is 5.72. The standard InChI is InChI=1S/C14H8BrClN2O2/c15-12-7-9(16)3-6-11(12)14-17-13(18-20-14)8-1-4-10(19)5-2-8/h1-7,19H. The molecular formula is C14H8BrClN2O2. The number of aromatic hydroxyl groups is 1. The molecule has 0 bridgehead atoms. The van der Waals surface area contributed by atoms with Gasteiger partial charge in [-0.3, -0.25) is 0 Å². The second kappa shape index (κ2) is 5.26. The quantitative estimate of drug-likeness (QED) is 0.737. The highest BCUT2D eigenvalue weighted by molar-refractivity contribution is 9.10. The monoisotopic (exact) mass is 350 g/mol. The number of benzene rings is 2. The summed E-state index contributed by atoms with van der Waals surface area (Å²) in [6.45, 7) is 0. The molecule has 0 saturated carbocycles. The maximum Gasteiger partial charge on any atom is 0.259 e. The fraction of sp³-hybridized carbons (Fsp3) is 0. The molecule has 0 aliphatic carbocycles. The third kappa shape index (κ3) is 2.55. The lowest BCUT2D eigenvalue weighted by atomic mass is 10.2. The summed E-state index contributed by atoms with van der Waals surface area (Å²) in [6, 6.07) is 11.9. The first-order valence-corrected chi connectivity index (χ1v) is 6.89. The molecule has 0 fully saturated rings. The number of nitrogens with zero attached hydrogens (tertiary/aromatic N) is 2. The molecular weight excluding hydrogens is 344 g/mol. The number of rotatable bonds is 2. The highest BCUT2D eigenvalue weighted by atomic mass is 79.9. The van der Waals surface area contributed by atoms with Gasteiger partial charge in [0.1, 0.15) is 5.75 Å². The maximum absolute atomic E-state index is 9.27. The van der Waals surface area contributed by atoms with Gasteiger partial charge >= 0.3 is 0 Å². The lowest BCUT2D eigenvalue weighted by molar-refractivity contribution is 0.432. The molecule has 1 heterocycles. The van der Waals surface area contributed by atoms with Crippen LogP contribution in [-0.2, 0) is 0 Å². The largest absolute Gasteiger partial charge is 0.508 e. The van der Waals surface area contributed by atoms with E-state index in [1.165, 1.54) is 0 Å². The molecule has 0 spiro atoms. The van der Waals surface area contributed by atoms with Gasteiger partial charge in [-0.1, -0.05) is 16.8 Å². The zero-order valence-electron chi connectivity index (χ0n) is 10.0. The minimum Gasteiger partial charge on any atom is -0.508 e. The molecule has 0 aliphatic rings. The first-order chi connectivity index (χ1) is 9.63. The van der Waals surface area contributed by atoms with Crippen molar-refractivity contribution in [2.75, 3.05) is 0 Å². The number of hydrogen-bond donors (Lipinski definition) is 1. The molecule has 0 radical (unpaired) electrons. The molecule has 100 valence electrons. The van der Waals surface area contributed by atoms with Gasteiger partial charge in [0.25, 0.3) is 5.89 Å². The average Bonchev–Trinajstić information content (AvgIpc) is 2.89. The van der Waals surface area contributed by atoms with E-state index < -0.39 is 0 Å². The zero-order chi connectivity index (χ0) is 14.1. The number of phenols is 1. The molecule has 1 N–H and O–H groups in total. The second-order valence-electron chi connectivity index (χ2n) is 4.09. The summed E-state index contributed by atoms with van der Waals surface area (Å²) in [5.41, 5.74) is 1.54. The summed E-state index contributed by atoms with van der Waals surface area (Å²) < 4.78 is 6.04. The van der Waals surface area contributed by atoms with Gasteiger partial charge < -0.3 is 9.63 Å². The fourth-order valence-electron chi connectivity index (χ4n) is 1.72. The maximum atomic E-state index is 9.27. The van der Waals surface area contributed by atoms with E-state index in [4.69, 9.17) is 16.1 Å². The fourth-order valence-corrected chi connectivity index (χ4v) is 2.58. The van der Waals surface area contributed by atoms with Crippen LogP contribution in [0.4, 0.5) is 0 Å². The summed E-state index contributed by atoms with van der Waals surface area (Å²) in [6.07, 6.45) is 0. The van der Waals surface area contributed by atoms with E-state index in [0.717, 1.165) is 15.6 Å². The van der Waals surface area contributed by atoms with Crippen LogP contribution in [0.2, 0.25) is 5.02 Å². The molecule has 3 aromatic rings. The van der Waals surface area contributed by atoms with Crippen LogP contribution >= 0.6 is 27.5 Å². The van der Waals surface area contributed by atoms with Gasteiger partial charge in [-0.15, -0.1) is 0 Å². The highest BCUT2D eigenvalue weighted by Gasteiger charge is 2.13. The molecule has 0 aliphatic heterocycles. The summed E-state index contributed by atoms with van der Waals surface area (Å²) in [5, 5.41) is 13.8. The zero-order valence-corrected chi connectivity index (χ0v) is 12.4. The lowest BCUT2D eigenvalue weighted by Gasteiger charge is -1.98. The van der Waals surface area contributed by atoms with Crippen molar-refractivity contribution in [3.8, 4) is 28.6 Å². The Kier molecular flexibility index (Phi) is 3.46. The number of phenolic OH excluding ortho intramolecular Hbond substituents is 1. The minimum atomic E-state index is 0.193. The van der Waals surface area contributed by atoms with Gasteiger partial charge in [0.15, 0.2) is 0 Å². The van der Waals surface area contributed by atoms with Crippen molar-refractivity contribution in [1.29, 1.82) is 0 Å². The van der Waals surface area contributed by atoms with Crippen molar-refractivity contribution < 1.29 is 9.63 Å². The van der Waals surface area contributed by atoms with Crippen molar-refractivity contribution in [2.24, 2.45) is 0 Å². The third-order valence-corrected chi connectivity index (χ3v) is 3.60. The molecule has 0 unspecified atom stereocenters. The Morgan fingerprint density at radius 2 is 1.85 bits per heavy atom. The molecule has 2 aromatic carbocycles. The van der Waals surface area contributed by atoms with E-state index in [2.05, 4.69) is 26.1 Å². The van der Waals surface area contributed by atoms with Crippen molar-refractivity contribution >= 4 is 27.5 Å². The summed E-state index contributed by atoms with van der Waals surface area (Å²) >= 11 is 9.31. The molecule has 0 atom stereocenters. The molecule has 0 saturated heterocycles. The van der Waals surface area contributed by atoms with Gasteiger partial charge in [-0.2, -0.15) is 4.98 Å². The molecule has 20 heavy (non-hydrogen) atoms. The van der Waals surface area contributed by atoms with Gasteiger partial charge in [-0.05, 0) is 58.4 Å². The SMILES string of the molecule is Oc1ccc(-c2noc(-c3ccc(Cl)cc3Br)n2)cc1. The third-order valence-electron chi connectivity index (χ3n) is 2.71. The van der Waals surface area contributed by atoms with Crippen molar-refractivity contribution in [3.05, 3.63) is 52.0 Å². The topological polar surface area (TPSA) is 59.2 Å². The van der Waals surface area contributed by atoms with Gasteiger partial charge in [0.05, 0.1) is 5.56 Å². The Labute approximate surface area is 128 Å².